The molecule has 0 spiro atoms. The average Bonchev–Trinajstić information content (AvgIpc) is 3.61. The molecule has 9 nitrogen and oxygen atoms in total. The Bertz CT molecular complexity index is 1150. The van der Waals surface area contributed by atoms with Gasteiger partial charge in [0.2, 0.25) is 0 Å². The second-order valence-electron chi connectivity index (χ2n) is 8.92. The van der Waals surface area contributed by atoms with E-state index in [0.29, 0.717) is 18.8 Å². The van der Waals surface area contributed by atoms with Crippen molar-refractivity contribution >= 4 is 11.6 Å². The molecule has 2 aromatic heterocycles. The molecule has 0 bridgehead atoms. The van der Waals surface area contributed by atoms with Gasteiger partial charge in [-0.05, 0) is 55.8 Å². The number of hydrogen-bond donors (Lipinski definition) is 1. The molecule has 1 fully saturated rings. The summed E-state index contributed by atoms with van der Waals surface area (Å²) in [4.78, 5) is 27.9. The number of nitro groups is 1. The Labute approximate surface area is 198 Å². The van der Waals surface area contributed by atoms with Crippen LogP contribution in [0.2, 0.25) is 0 Å². The Morgan fingerprint density at radius 2 is 1.85 bits per heavy atom. The summed E-state index contributed by atoms with van der Waals surface area (Å²) >= 11 is 0. The van der Waals surface area contributed by atoms with Crippen molar-refractivity contribution in [3.05, 3.63) is 87.6 Å². The molecule has 34 heavy (non-hydrogen) atoms. The van der Waals surface area contributed by atoms with Crippen LogP contribution in [0.3, 0.4) is 0 Å². The Morgan fingerprint density at radius 3 is 2.62 bits per heavy atom. The van der Waals surface area contributed by atoms with E-state index in [2.05, 4.69) is 31.9 Å². The van der Waals surface area contributed by atoms with Gasteiger partial charge in [0.05, 0.1) is 17.5 Å². The van der Waals surface area contributed by atoms with Gasteiger partial charge in [0.15, 0.2) is 5.76 Å². The van der Waals surface area contributed by atoms with Gasteiger partial charge in [0.1, 0.15) is 5.76 Å². The summed E-state index contributed by atoms with van der Waals surface area (Å²) in [5.41, 5.74) is 2.19. The molecule has 1 atom stereocenters. The number of hydrogen-bond acceptors (Lipinski definition) is 6. The predicted octanol–water partition coefficient (Wildman–Crippen LogP) is 3.42. The van der Waals surface area contributed by atoms with Crippen LogP contribution in [0.25, 0.3) is 0 Å². The highest BCUT2D eigenvalue weighted by Crippen LogP contribution is 2.34. The van der Waals surface area contributed by atoms with E-state index in [1.807, 2.05) is 24.3 Å². The van der Waals surface area contributed by atoms with E-state index >= 15 is 0 Å². The lowest BCUT2D eigenvalue weighted by molar-refractivity contribution is -0.384. The van der Waals surface area contributed by atoms with Gasteiger partial charge < -0.3 is 19.2 Å². The highest BCUT2D eigenvalue weighted by molar-refractivity contribution is 5.91. The van der Waals surface area contributed by atoms with Crippen LogP contribution in [0.15, 0.2) is 59.1 Å². The molecule has 0 aliphatic carbocycles. The first kappa shape index (κ1) is 22.4. The number of fused-ring (bicyclic) bond motifs is 1. The topological polar surface area (TPSA) is 96.8 Å². The Morgan fingerprint density at radius 1 is 1.06 bits per heavy atom. The maximum Gasteiger partial charge on any atom is 0.287 e. The lowest BCUT2D eigenvalue weighted by Crippen LogP contribution is -2.37. The van der Waals surface area contributed by atoms with Gasteiger partial charge in [-0.3, -0.25) is 19.8 Å². The molecule has 5 rings (SSSR count). The summed E-state index contributed by atoms with van der Waals surface area (Å²) in [6, 6.07) is 14.4. The van der Waals surface area contributed by atoms with Crippen LogP contribution in [0.1, 0.15) is 46.5 Å². The molecule has 1 unspecified atom stereocenters. The highest BCUT2D eigenvalue weighted by Gasteiger charge is 2.30. The van der Waals surface area contributed by atoms with Crippen molar-refractivity contribution in [2.24, 2.45) is 0 Å². The first-order chi connectivity index (χ1) is 16.6. The second-order valence-corrected chi connectivity index (χ2v) is 8.92. The molecule has 9 heteroatoms. The number of rotatable bonds is 8. The van der Waals surface area contributed by atoms with Crippen molar-refractivity contribution < 1.29 is 14.1 Å². The molecule has 2 aliphatic rings. The Hall–Kier alpha value is -3.43. The van der Waals surface area contributed by atoms with Gasteiger partial charge in [-0.25, -0.2) is 0 Å². The molecule has 178 valence electrons. The number of aromatic nitrogens is 1. The number of likely N-dealkylation sites (tertiary alicyclic amines) is 1. The zero-order valence-corrected chi connectivity index (χ0v) is 19.1. The molecule has 0 radical (unpaired) electrons. The van der Waals surface area contributed by atoms with Crippen LogP contribution < -0.4 is 5.32 Å². The molecular weight excluding hydrogens is 434 g/mol. The Balaban J connectivity index is 1.27. The molecule has 1 amide bonds. The number of non-ortho nitro benzene ring substituents is 1. The van der Waals surface area contributed by atoms with E-state index in [9.17, 15) is 14.9 Å². The summed E-state index contributed by atoms with van der Waals surface area (Å²) in [6.45, 7) is 5.86. The standard InChI is InChI=1S/C25H29N5O4/c31-25(26-11-15-27-12-1-2-13-27)23-10-9-21(34-23)18-29-17-16-28-14-3-4-22(28)24(29)19-5-7-20(8-6-19)30(32)33/h3-10,14,24H,1-2,11-13,15-18H2,(H,26,31). The fourth-order valence-electron chi connectivity index (χ4n) is 4.97. The number of benzene rings is 1. The average molecular weight is 464 g/mol. The van der Waals surface area contributed by atoms with Crippen LogP contribution >= 0.6 is 0 Å². The summed E-state index contributed by atoms with van der Waals surface area (Å²) in [5.74, 6) is 0.852. The van der Waals surface area contributed by atoms with E-state index in [1.165, 1.54) is 12.8 Å². The normalized spacial score (nSPS) is 18.6. The van der Waals surface area contributed by atoms with Gasteiger partial charge in [0.25, 0.3) is 11.6 Å². The molecule has 3 aromatic rings. The molecule has 0 saturated carbocycles. The van der Waals surface area contributed by atoms with Crippen molar-refractivity contribution in [1.82, 2.24) is 19.7 Å². The first-order valence-corrected chi connectivity index (χ1v) is 11.8. The van der Waals surface area contributed by atoms with E-state index < -0.39 is 0 Å². The fraction of sp³-hybridized carbons (Fsp3) is 0.400. The molecule has 1 N–H and O–H groups in total. The number of nitrogens with one attached hydrogen (secondary N) is 1. The van der Waals surface area contributed by atoms with Gasteiger partial charge in [-0.15, -0.1) is 0 Å². The number of nitro benzene ring substituents is 1. The predicted molar refractivity (Wildman–Crippen MR) is 126 cm³/mol. The van der Waals surface area contributed by atoms with E-state index in [-0.39, 0.29) is 22.6 Å². The van der Waals surface area contributed by atoms with Crippen molar-refractivity contribution in [2.75, 3.05) is 32.7 Å². The number of nitrogens with zero attached hydrogens (tertiary/aromatic N) is 4. The number of amides is 1. The van der Waals surface area contributed by atoms with E-state index in [0.717, 1.165) is 49.7 Å². The lowest BCUT2D eigenvalue weighted by Gasteiger charge is -2.36. The zero-order valence-electron chi connectivity index (χ0n) is 19.1. The highest BCUT2D eigenvalue weighted by atomic mass is 16.6. The van der Waals surface area contributed by atoms with E-state index in [4.69, 9.17) is 4.42 Å². The van der Waals surface area contributed by atoms with Crippen LogP contribution in [0, 0.1) is 10.1 Å². The third kappa shape index (κ3) is 4.76. The summed E-state index contributed by atoms with van der Waals surface area (Å²) < 4.78 is 8.12. The number of carbonyl (C=O) groups is 1. The molecular formula is C25H29N5O4. The van der Waals surface area contributed by atoms with Gasteiger partial charge >= 0.3 is 0 Å². The fourth-order valence-corrected chi connectivity index (χ4v) is 4.97. The summed E-state index contributed by atoms with van der Waals surface area (Å²) in [5, 5.41) is 14.0. The first-order valence-electron chi connectivity index (χ1n) is 11.8. The zero-order chi connectivity index (χ0) is 23.5. The minimum Gasteiger partial charge on any atom is -0.455 e. The van der Waals surface area contributed by atoms with Crippen molar-refractivity contribution in [3.8, 4) is 0 Å². The van der Waals surface area contributed by atoms with Crippen molar-refractivity contribution in [2.45, 2.75) is 32.0 Å². The van der Waals surface area contributed by atoms with Gasteiger partial charge in [-0.1, -0.05) is 12.1 Å². The maximum atomic E-state index is 12.5. The summed E-state index contributed by atoms with van der Waals surface area (Å²) in [6.07, 6.45) is 4.53. The number of furan rings is 1. The van der Waals surface area contributed by atoms with Crippen LogP contribution in [-0.2, 0) is 13.1 Å². The summed E-state index contributed by atoms with van der Waals surface area (Å²) in [7, 11) is 0. The molecule has 1 saturated heterocycles. The maximum absolute atomic E-state index is 12.5. The largest absolute Gasteiger partial charge is 0.455 e. The van der Waals surface area contributed by atoms with Crippen LogP contribution in [-0.4, -0.2) is 57.9 Å². The van der Waals surface area contributed by atoms with E-state index in [1.54, 1.807) is 18.2 Å². The molecule has 2 aliphatic heterocycles. The SMILES string of the molecule is O=C(NCCN1CCCC1)c1ccc(CN2CCn3cccc3C2c2ccc([N+](=O)[O-])cc2)o1. The smallest absolute Gasteiger partial charge is 0.287 e. The molecule has 1 aromatic carbocycles. The van der Waals surface area contributed by atoms with Gasteiger partial charge in [0, 0.05) is 50.2 Å². The van der Waals surface area contributed by atoms with Crippen LogP contribution in [0.4, 0.5) is 5.69 Å². The van der Waals surface area contributed by atoms with Crippen LogP contribution in [0.5, 0.6) is 0 Å². The van der Waals surface area contributed by atoms with Crippen molar-refractivity contribution in [1.29, 1.82) is 0 Å². The molecule has 4 heterocycles. The minimum atomic E-state index is -0.383. The third-order valence-corrected chi connectivity index (χ3v) is 6.71. The Kier molecular flexibility index (Phi) is 6.46. The van der Waals surface area contributed by atoms with Crippen molar-refractivity contribution in [3.63, 3.8) is 0 Å². The lowest BCUT2D eigenvalue weighted by atomic mass is 9.99. The monoisotopic (exact) mass is 463 g/mol. The quantitative estimate of drug-likeness (QED) is 0.406. The van der Waals surface area contributed by atoms with Gasteiger partial charge in [-0.2, -0.15) is 0 Å². The third-order valence-electron chi connectivity index (χ3n) is 6.71. The minimum absolute atomic E-state index is 0.0626. The second kappa shape index (κ2) is 9.82. The number of carbonyl (C=O) groups excluding carboxylic acids is 1.